The summed E-state index contributed by atoms with van der Waals surface area (Å²) in [5.74, 6) is -0.138. The number of benzene rings is 1. The second-order valence-electron chi connectivity index (χ2n) is 9.51. The first kappa shape index (κ1) is 29.6. The van der Waals surface area contributed by atoms with Crippen LogP contribution in [-0.2, 0) is 7.05 Å². The highest BCUT2D eigenvalue weighted by molar-refractivity contribution is 5.86. The van der Waals surface area contributed by atoms with E-state index in [-0.39, 0.29) is 11.5 Å². The van der Waals surface area contributed by atoms with Crippen molar-refractivity contribution >= 4 is 16.6 Å². The van der Waals surface area contributed by atoms with E-state index in [0.717, 1.165) is 72.3 Å². The van der Waals surface area contributed by atoms with E-state index in [1.807, 2.05) is 58.6 Å². The molecule has 0 bridgehead atoms. The third kappa shape index (κ3) is 5.73. The van der Waals surface area contributed by atoms with Crippen molar-refractivity contribution in [3.8, 4) is 11.3 Å². The predicted molar refractivity (Wildman–Crippen MR) is 158 cm³/mol. The Morgan fingerprint density at radius 1 is 1.05 bits per heavy atom. The van der Waals surface area contributed by atoms with Gasteiger partial charge in [0, 0.05) is 31.2 Å². The molecule has 3 heterocycles. The quantitative estimate of drug-likeness (QED) is 0.325. The number of rotatable bonds is 7. The summed E-state index contributed by atoms with van der Waals surface area (Å²) in [6.45, 7) is 13.8. The summed E-state index contributed by atoms with van der Waals surface area (Å²) in [7, 11) is 1.86. The minimum atomic E-state index is -0.138. The molecule has 2 aliphatic rings. The van der Waals surface area contributed by atoms with Crippen molar-refractivity contribution in [2.24, 2.45) is 7.05 Å². The van der Waals surface area contributed by atoms with Gasteiger partial charge in [-0.3, -0.25) is 9.13 Å². The molecule has 6 nitrogen and oxygen atoms in total. The molecule has 3 aromatic rings. The van der Waals surface area contributed by atoms with Gasteiger partial charge in [-0.05, 0) is 68.9 Å². The normalized spacial score (nSPS) is 18.1. The van der Waals surface area contributed by atoms with Gasteiger partial charge >= 0.3 is 5.69 Å². The second kappa shape index (κ2) is 13.7. The molecule has 1 aliphatic carbocycles. The highest BCUT2D eigenvalue weighted by Crippen LogP contribution is 2.37. The molecule has 2 fully saturated rings. The Kier molecular flexibility index (Phi) is 10.7. The van der Waals surface area contributed by atoms with Crippen molar-refractivity contribution in [1.29, 1.82) is 0 Å². The van der Waals surface area contributed by atoms with Crippen LogP contribution >= 0.6 is 0 Å². The van der Waals surface area contributed by atoms with Crippen LogP contribution in [0.1, 0.15) is 97.8 Å². The number of aryl methyl sites for hydroxylation is 1. The lowest BCUT2D eigenvalue weighted by Crippen LogP contribution is -2.29. The first-order valence-corrected chi connectivity index (χ1v) is 14.6. The number of nitrogens with one attached hydrogen (secondary N) is 1. The molecule has 5 rings (SSSR count). The van der Waals surface area contributed by atoms with E-state index in [0.29, 0.717) is 18.5 Å². The van der Waals surface area contributed by atoms with Crippen LogP contribution in [0.4, 0.5) is 4.39 Å². The average molecular weight is 524 g/mol. The van der Waals surface area contributed by atoms with Crippen molar-refractivity contribution in [3.05, 3.63) is 58.7 Å². The SMILES string of the molecule is CC.CC.CC/C(F)=C\C=C(/CC)c1ncn(C2CCNC2)c1-c1ccc2c(c1)n(C)c(=O)n2C1CCC1. The lowest BCUT2D eigenvalue weighted by Gasteiger charge is -2.26. The van der Waals surface area contributed by atoms with Gasteiger partial charge in [0.05, 0.1) is 34.6 Å². The van der Waals surface area contributed by atoms with Gasteiger partial charge in [0.15, 0.2) is 0 Å². The molecule has 1 N–H and O–H groups in total. The zero-order valence-electron chi connectivity index (χ0n) is 24.4. The van der Waals surface area contributed by atoms with Gasteiger partial charge in [-0.25, -0.2) is 14.2 Å². The van der Waals surface area contributed by atoms with E-state index in [4.69, 9.17) is 4.98 Å². The molecule has 1 saturated carbocycles. The van der Waals surface area contributed by atoms with Gasteiger partial charge < -0.3 is 9.88 Å². The monoisotopic (exact) mass is 523 g/mol. The lowest BCUT2D eigenvalue weighted by atomic mass is 9.93. The van der Waals surface area contributed by atoms with Gasteiger partial charge in [0.2, 0.25) is 0 Å². The number of imidazole rings is 2. The van der Waals surface area contributed by atoms with Gasteiger partial charge in [0.25, 0.3) is 0 Å². The Balaban J connectivity index is 0.000000956. The summed E-state index contributed by atoms with van der Waals surface area (Å²) in [5.41, 5.74) is 5.96. The van der Waals surface area contributed by atoms with Crippen LogP contribution < -0.4 is 11.0 Å². The van der Waals surface area contributed by atoms with Crippen LogP contribution in [0, 0.1) is 0 Å². The topological polar surface area (TPSA) is 56.8 Å². The number of hydrogen-bond acceptors (Lipinski definition) is 3. The first-order valence-electron chi connectivity index (χ1n) is 14.6. The van der Waals surface area contributed by atoms with Crippen LogP contribution in [0.25, 0.3) is 27.9 Å². The maximum atomic E-state index is 13.9. The molecule has 38 heavy (non-hydrogen) atoms. The molecule has 7 heteroatoms. The number of hydrogen-bond donors (Lipinski definition) is 1. The third-order valence-electron chi connectivity index (χ3n) is 7.51. The fourth-order valence-electron chi connectivity index (χ4n) is 5.22. The summed E-state index contributed by atoms with van der Waals surface area (Å²) in [6.07, 6.45) is 10.8. The minimum Gasteiger partial charge on any atom is -0.326 e. The molecule has 0 radical (unpaired) electrons. The van der Waals surface area contributed by atoms with E-state index in [1.54, 1.807) is 10.6 Å². The number of nitrogens with zero attached hydrogens (tertiary/aromatic N) is 4. The van der Waals surface area contributed by atoms with Crippen LogP contribution in [0.3, 0.4) is 0 Å². The maximum Gasteiger partial charge on any atom is 0.329 e. The molecule has 1 aliphatic heterocycles. The Labute approximate surface area is 227 Å². The fraction of sp³-hybridized carbons (Fsp3) is 0.548. The van der Waals surface area contributed by atoms with Gasteiger partial charge in [-0.1, -0.05) is 53.7 Å². The Hall–Kier alpha value is -2.93. The minimum absolute atomic E-state index is 0.0555. The average Bonchev–Trinajstić information content (AvgIpc) is 3.67. The van der Waals surface area contributed by atoms with Gasteiger partial charge in [-0.2, -0.15) is 0 Å². The molecule has 0 spiro atoms. The Bertz CT molecular complexity index is 1320. The molecule has 1 atom stereocenters. The van der Waals surface area contributed by atoms with Gasteiger partial charge in [-0.15, -0.1) is 0 Å². The van der Waals surface area contributed by atoms with Crippen molar-refractivity contribution < 1.29 is 4.39 Å². The van der Waals surface area contributed by atoms with Crippen LogP contribution in [-0.4, -0.2) is 31.8 Å². The van der Waals surface area contributed by atoms with E-state index in [2.05, 4.69) is 35.0 Å². The Morgan fingerprint density at radius 3 is 2.37 bits per heavy atom. The molecule has 0 amide bonds. The highest BCUT2D eigenvalue weighted by Gasteiger charge is 2.27. The zero-order chi connectivity index (χ0) is 27.8. The van der Waals surface area contributed by atoms with Crippen molar-refractivity contribution in [1.82, 2.24) is 24.0 Å². The summed E-state index contributed by atoms with van der Waals surface area (Å²) in [4.78, 5) is 17.9. The Morgan fingerprint density at radius 2 is 1.79 bits per heavy atom. The van der Waals surface area contributed by atoms with E-state index >= 15 is 0 Å². The molecule has 1 aromatic carbocycles. The van der Waals surface area contributed by atoms with E-state index in [1.165, 1.54) is 6.42 Å². The highest BCUT2D eigenvalue weighted by atomic mass is 19.1. The van der Waals surface area contributed by atoms with E-state index < -0.39 is 0 Å². The van der Waals surface area contributed by atoms with Crippen molar-refractivity contribution in [2.45, 2.75) is 92.2 Å². The number of fused-ring (bicyclic) bond motifs is 1. The largest absolute Gasteiger partial charge is 0.329 e. The van der Waals surface area contributed by atoms with Crippen LogP contribution in [0.5, 0.6) is 0 Å². The van der Waals surface area contributed by atoms with Crippen LogP contribution in [0.15, 0.2) is 47.3 Å². The lowest BCUT2D eigenvalue weighted by molar-refractivity contribution is 0.312. The third-order valence-corrected chi connectivity index (χ3v) is 7.51. The molecule has 208 valence electrons. The standard InChI is InChI=1S/C27H34FN5O.2C2H6/c1-4-18(9-11-20(28)5-2)25-26(32(17-30-25)22-13-14-29-16-22)19-10-12-23-24(15-19)31(3)27(34)33(23)21-7-6-8-21;2*1-2/h9-12,15,17,21-22,29H,4-8,13-14,16H2,1-3H3;2*1-2H3/b18-9+,20-11+;;. The number of halogens is 1. The molecule has 1 unspecified atom stereocenters. The van der Waals surface area contributed by atoms with Crippen molar-refractivity contribution in [3.63, 3.8) is 0 Å². The maximum absolute atomic E-state index is 13.9. The molecule has 2 aromatic heterocycles. The van der Waals surface area contributed by atoms with E-state index in [9.17, 15) is 9.18 Å². The first-order chi connectivity index (χ1) is 18.5. The number of aromatic nitrogens is 4. The van der Waals surface area contributed by atoms with Crippen molar-refractivity contribution in [2.75, 3.05) is 13.1 Å². The fourth-order valence-corrected chi connectivity index (χ4v) is 5.22. The summed E-state index contributed by atoms with van der Waals surface area (Å²) in [6, 6.07) is 6.95. The molecular weight excluding hydrogens is 477 g/mol. The molecule has 1 saturated heterocycles. The van der Waals surface area contributed by atoms with Crippen LogP contribution in [0.2, 0.25) is 0 Å². The summed E-state index contributed by atoms with van der Waals surface area (Å²) < 4.78 is 19.9. The second-order valence-corrected chi connectivity index (χ2v) is 9.51. The smallest absolute Gasteiger partial charge is 0.326 e. The number of allylic oxidation sites excluding steroid dienone is 4. The predicted octanol–water partition coefficient (Wildman–Crippen LogP) is 7.57. The zero-order valence-corrected chi connectivity index (χ0v) is 24.4. The summed E-state index contributed by atoms with van der Waals surface area (Å²) in [5, 5.41) is 3.45. The van der Waals surface area contributed by atoms with Gasteiger partial charge in [0.1, 0.15) is 0 Å². The molecular formula is C31H46FN5O. The summed E-state index contributed by atoms with van der Waals surface area (Å²) >= 11 is 0.